The van der Waals surface area contributed by atoms with E-state index in [9.17, 15) is 4.57 Å². The van der Waals surface area contributed by atoms with Gasteiger partial charge in [-0.2, -0.15) is 0 Å². The molecular formula is H4CrO4P2. The molecular weight excluding hydrogens is 178 g/mol. The Hall–Kier alpha value is 1.07. The first-order chi connectivity index (χ1) is 2.56. The van der Waals surface area contributed by atoms with Gasteiger partial charge >= 0.3 is 7.82 Å². The molecule has 2 N–H and O–H groups in total. The largest absolute Gasteiger partial charge is 0.472 e. The van der Waals surface area contributed by atoms with E-state index < -0.39 is 7.82 Å². The Morgan fingerprint density at radius 3 is 1.71 bits per heavy atom. The summed E-state index contributed by atoms with van der Waals surface area (Å²) in [4.78, 5) is 15.4. The predicted octanol–water partition coefficient (Wildman–Crippen LogP) is -0.117. The van der Waals surface area contributed by atoms with Gasteiger partial charge in [-0.3, -0.25) is 4.31 Å². The molecule has 0 heterocycles. The minimum Gasteiger partial charge on any atom is -0.302 e. The zero-order chi connectivity index (χ0) is 5.21. The minimum atomic E-state index is -4.18. The smallest absolute Gasteiger partial charge is 0.302 e. The molecule has 0 bridgehead atoms. The van der Waals surface area contributed by atoms with E-state index in [0.29, 0.717) is 0 Å². The van der Waals surface area contributed by atoms with Crippen LogP contribution >= 0.6 is 17.3 Å². The zero-order valence-corrected chi connectivity index (χ0v) is 6.47. The first-order valence-corrected chi connectivity index (χ1v) is 3.00. The summed E-state index contributed by atoms with van der Waals surface area (Å²) in [5.74, 6) is 0. The van der Waals surface area contributed by atoms with Crippen molar-refractivity contribution < 1.29 is 36.0 Å². The molecule has 0 saturated heterocycles. The third-order valence-electron chi connectivity index (χ3n) is 0.137. The second-order valence-corrected chi connectivity index (χ2v) is 2.42. The van der Waals surface area contributed by atoms with Crippen LogP contribution in [0.5, 0.6) is 0 Å². The minimum absolute atomic E-state index is 0. The van der Waals surface area contributed by atoms with Gasteiger partial charge in [0.05, 0.1) is 0 Å². The van der Waals surface area contributed by atoms with Gasteiger partial charge in [0.25, 0.3) is 0 Å². The fraction of sp³-hybridized carbons (Fsp3) is 0. The Balaban J connectivity index is 0. The van der Waals surface area contributed by atoms with Crippen LogP contribution in [-0.2, 0) is 26.2 Å². The van der Waals surface area contributed by atoms with Crippen molar-refractivity contribution in [1.82, 2.24) is 0 Å². The van der Waals surface area contributed by atoms with E-state index in [4.69, 9.17) is 9.79 Å². The van der Waals surface area contributed by atoms with Crippen molar-refractivity contribution >= 4 is 17.3 Å². The third-order valence-corrected chi connectivity index (χ3v) is 1.24. The molecule has 0 aromatic rings. The quantitative estimate of drug-likeness (QED) is 0.555. The van der Waals surface area contributed by atoms with Gasteiger partial charge in [-0.1, -0.05) is 0 Å². The number of hydrogen-bond donors (Lipinski definition) is 2. The summed E-state index contributed by atoms with van der Waals surface area (Å²) in [7, 11) is -2.72. The van der Waals surface area contributed by atoms with E-state index in [0.717, 1.165) is 0 Å². The van der Waals surface area contributed by atoms with Gasteiger partial charge in [0.15, 0.2) is 0 Å². The van der Waals surface area contributed by atoms with Gasteiger partial charge in [-0.25, -0.2) is 4.57 Å². The van der Waals surface area contributed by atoms with Gasteiger partial charge in [0.2, 0.25) is 0 Å². The fourth-order valence-electron chi connectivity index (χ4n) is 0. The maximum atomic E-state index is 9.45. The molecule has 1 unspecified atom stereocenters. The van der Waals surface area contributed by atoms with Crippen molar-refractivity contribution in [2.24, 2.45) is 0 Å². The van der Waals surface area contributed by atoms with Gasteiger partial charge < -0.3 is 9.79 Å². The molecule has 0 saturated carbocycles. The molecule has 0 radical (unpaired) electrons. The standard InChI is InChI=1S/Cr.H4O4P2/c;1-6(2,3)4-5/h;5H2,(H2,1,2,3). The summed E-state index contributed by atoms with van der Waals surface area (Å²) in [6.45, 7) is 0. The third kappa shape index (κ3) is 11.0. The summed E-state index contributed by atoms with van der Waals surface area (Å²) < 4.78 is 13.0. The van der Waals surface area contributed by atoms with Gasteiger partial charge in [0.1, 0.15) is 0 Å². The molecule has 1 atom stereocenters. The molecule has 7 heavy (non-hydrogen) atoms. The average molecular weight is 182 g/mol. The fourth-order valence-corrected chi connectivity index (χ4v) is 0. The van der Waals surface area contributed by atoms with Crippen LogP contribution in [-0.4, -0.2) is 9.79 Å². The van der Waals surface area contributed by atoms with Crippen LogP contribution in [0.25, 0.3) is 0 Å². The maximum Gasteiger partial charge on any atom is 0.472 e. The maximum absolute atomic E-state index is 9.45. The molecule has 0 aromatic heterocycles. The van der Waals surface area contributed by atoms with Crippen molar-refractivity contribution in [1.29, 1.82) is 0 Å². The van der Waals surface area contributed by atoms with E-state index >= 15 is 0 Å². The SMILES string of the molecule is O=P(O)(O)OP.[Cr]. The van der Waals surface area contributed by atoms with Gasteiger partial charge in [-0.15, -0.1) is 0 Å². The van der Waals surface area contributed by atoms with Crippen molar-refractivity contribution in [3.8, 4) is 0 Å². The number of rotatable bonds is 1. The topological polar surface area (TPSA) is 66.8 Å². The van der Waals surface area contributed by atoms with Crippen LogP contribution < -0.4 is 0 Å². The Bertz CT molecular complexity index is 73.8. The molecule has 0 spiro atoms. The first kappa shape index (κ1) is 11.0. The number of phosphoric acid groups is 1. The summed E-state index contributed by atoms with van der Waals surface area (Å²) in [5.41, 5.74) is 0. The van der Waals surface area contributed by atoms with Crippen molar-refractivity contribution in [3.63, 3.8) is 0 Å². The second kappa shape index (κ2) is 4.00. The van der Waals surface area contributed by atoms with Crippen LogP contribution in [0.15, 0.2) is 0 Å². The summed E-state index contributed by atoms with van der Waals surface area (Å²) in [6.07, 6.45) is 0. The molecule has 0 aromatic carbocycles. The summed E-state index contributed by atoms with van der Waals surface area (Å²) in [6, 6.07) is 0. The van der Waals surface area contributed by atoms with Crippen LogP contribution in [0.2, 0.25) is 0 Å². The number of hydrogen-bond acceptors (Lipinski definition) is 2. The van der Waals surface area contributed by atoms with E-state index in [1.165, 1.54) is 9.47 Å². The Kier molecular flexibility index (Phi) is 6.26. The molecule has 0 aliphatic rings. The van der Waals surface area contributed by atoms with Crippen LogP contribution in [0, 0.1) is 0 Å². The first-order valence-electron chi connectivity index (χ1n) is 1.00. The molecule has 44 valence electrons. The monoisotopic (exact) mass is 182 g/mol. The van der Waals surface area contributed by atoms with Crippen LogP contribution in [0.1, 0.15) is 0 Å². The van der Waals surface area contributed by atoms with E-state index in [1.54, 1.807) is 0 Å². The van der Waals surface area contributed by atoms with Crippen LogP contribution in [0.4, 0.5) is 0 Å². The Labute approximate surface area is 53.9 Å². The molecule has 0 aliphatic heterocycles. The van der Waals surface area contributed by atoms with Crippen molar-refractivity contribution in [3.05, 3.63) is 0 Å². The Morgan fingerprint density at radius 2 is 1.71 bits per heavy atom. The normalized spacial score (nSPS) is 10.1. The van der Waals surface area contributed by atoms with Crippen molar-refractivity contribution in [2.75, 3.05) is 0 Å². The van der Waals surface area contributed by atoms with E-state index in [2.05, 4.69) is 4.31 Å². The second-order valence-electron chi connectivity index (χ2n) is 0.596. The molecule has 0 rings (SSSR count). The molecule has 0 aliphatic carbocycles. The molecule has 0 fully saturated rings. The van der Waals surface area contributed by atoms with Crippen LogP contribution in [0.3, 0.4) is 0 Å². The summed E-state index contributed by atoms with van der Waals surface area (Å²) in [5, 5.41) is 0. The molecule has 7 heteroatoms. The van der Waals surface area contributed by atoms with E-state index in [-0.39, 0.29) is 17.4 Å². The van der Waals surface area contributed by atoms with E-state index in [1.807, 2.05) is 0 Å². The van der Waals surface area contributed by atoms with Gasteiger partial charge in [-0.05, 0) is 0 Å². The summed E-state index contributed by atoms with van der Waals surface area (Å²) >= 11 is 0. The predicted molar refractivity (Wildman–Crippen MR) is 22.8 cm³/mol. The van der Waals surface area contributed by atoms with Gasteiger partial charge in [0, 0.05) is 26.8 Å². The molecule has 4 nitrogen and oxygen atoms in total. The van der Waals surface area contributed by atoms with Crippen molar-refractivity contribution in [2.45, 2.75) is 0 Å². The zero-order valence-electron chi connectivity index (χ0n) is 3.14. The average Bonchev–Trinajstić information content (AvgIpc) is 1.35. The molecule has 0 amide bonds. The Morgan fingerprint density at radius 1 is 1.57 bits per heavy atom.